The van der Waals surface area contributed by atoms with Crippen molar-refractivity contribution >= 4 is 56.7 Å². The fourth-order valence-corrected chi connectivity index (χ4v) is 4.39. The molecule has 162 valence electrons. The smallest absolute Gasteiger partial charge is 0.206 e. The zero-order chi connectivity index (χ0) is 22.0. The number of carbonyl (C=O) groups excluding carboxylic acids is 1. The van der Waals surface area contributed by atoms with Crippen molar-refractivity contribution in [1.82, 2.24) is 9.88 Å². The van der Waals surface area contributed by atoms with E-state index in [2.05, 4.69) is 39.3 Å². The summed E-state index contributed by atoms with van der Waals surface area (Å²) in [6, 6.07) is 12.6. The summed E-state index contributed by atoms with van der Waals surface area (Å²) >= 11 is 7.08. The number of nitrogens with zero attached hydrogens (tertiary/aromatic N) is 3. The van der Waals surface area contributed by atoms with Crippen LogP contribution in [-0.4, -0.2) is 48.9 Å². The molecule has 0 atom stereocenters. The van der Waals surface area contributed by atoms with Gasteiger partial charge in [0.05, 0.1) is 5.02 Å². The SMILES string of the molecule is CN1CCN(c2ccc(Nc3nc(N)c(C(=O)c4ccc(Cl)c(N[O-])c4)s3)cc2)CC1. The van der Waals surface area contributed by atoms with Gasteiger partial charge in [-0.2, -0.15) is 0 Å². The number of likely N-dealkylation sites (N-methyl/N-ethyl adjacent to an activating group) is 1. The van der Waals surface area contributed by atoms with Crippen molar-refractivity contribution in [2.75, 3.05) is 54.7 Å². The molecule has 0 saturated carbocycles. The molecule has 1 saturated heterocycles. The van der Waals surface area contributed by atoms with Crippen LogP contribution in [0, 0.1) is 5.21 Å². The van der Waals surface area contributed by atoms with Crippen molar-refractivity contribution in [2.45, 2.75) is 0 Å². The van der Waals surface area contributed by atoms with Crippen molar-refractivity contribution in [2.24, 2.45) is 0 Å². The Morgan fingerprint density at radius 1 is 1.16 bits per heavy atom. The van der Waals surface area contributed by atoms with Crippen molar-refractivity contribution in [3.05, 3.63) is 63.1 Å². The molecule has 1 aliphatic heterocycles. The van der Waals surface area contributed by atoms with Gasteiger partial charge in [-0.05, 0) is 49.5 Å². The molecule has 2 heterocycles. The molecule has 4 rings (SSSR count). The number of carbonyl (C=O) groups is 1. The Balaban J connectivity index is 1.47. The molecule has 0 aliphatic carbocycles. The molecule has 0 bridgehead atoms. The van der Waals surface area contributed by atoms with E-state index in [-0.39, 0.29) is 22.3 Å². The van der Waals surface area contributed by atoms with E-state index < -0.39 is 0 Å². The predicted molar refractivity (Wildman–Crippen MR) is 128 cm³/mol. The number of nitrogens with one attached hydrogen (secondary N) is 2. The third-order valence-corrected chi connectivity index (χ3v) is 6.50. The first kappa shape index (κ1) is 21.4. The number of ketones is 1. The van der Waals surface area contributed by atoms with E-state index in [0.717, 1.165) is 43.2 Å². The maximum Gasteiger partial charge on any atom is 0.206 e. The van der Waals surface area contributed by atoms with Gasteiger partial charge in [-0.25, -0.2) is 4.98 Å². The van der Waals surface area contributed by atoms with Crippen molar-refractivity contribution in [3.63, 3.8) is 0 Å². The normalized spacial score (nSPS) is 14.5. The van der Waals surface area contributed by atoms with Gasteiger partial charge in [0.2, 0.25) is 5.78 Å². The Labute approximate surface area is 189 Å². The van der Waals surface area contributed by atoms with Gasteiger partial charge in [0.15, 0.2) is 5.13 Å². The number of aromatic nitrogens is 1. The summed E-state index contributed by atoms with van der Waals surface area (Å²) in [6.07, 6.45) is 0. The topological polar surface area (TPSA) is 110 Å². The monoisotopic (exact) mass is 457 g/mol. The average molecular weight is 458 g/mol. The molecule has 1 fully saturated rings. The molecule has 0 spiro atoms. The van der Waals surface area contributed by atoms with Crippen LogP contribution in [0.3, 0.4) is 0 Å². The zero-order valence-electron chi connectivity index (χ0n) is 16.9. The van der Waals surface area contributed by atoms with Crippen LogP contribution in [-0.2, 0) is 0 Å². The standard InChI is InChI=1S/C21H22ClN6O2S/c1-27-8-10-28(11-9-27)15-5-3-14(4-6-15)24-21-25-20(23)19(31-21)18(29)13-2-7-16(22)17(12-13)26-30/h2-7,12,26H,8-11,23H2,1H3,(H,24,25)/q-1. The average Bonchev–Trinajstić information content (AvgIpc) is 3.14. The number of hydrogen-bond donors (Lipinski definition) is 3. The molecule has 31 heavy (non-hydrogen) atoms. The highest BCUT2D eigenvalue weighted by Gasteiger charge is 2.19. The number of thiazole rings is 1. The van der Waals surface area contributed by atoms with Crippen LogP contribution in [0.15, 0.2) is 42.5 Å². The van der Waals surface area contributed by atoms with Gasteiger partial charge in [-0.1, -0.05) is 22.9 Å². The number of anilines is 5. The Bertz CT molecular complexity index is 1080. The maximum absolute atomic E-state index is 12.8. The summed E-state index contributed by atoms with van der Waals surface area (Å²) < 4.78 is 0. The molecule has 3 aromatic rings. The van der Waals surface area contributed by atoms with Crippen LogP contribution in [0.5, 0.6) is 0 Å². The number of piperazine rings is 1. The van der Waals surface area contributed by atoms with E-state index in [4.69, 9.17) is 17.3 Å². The first-order valence-electron chi connectivity index (χ1n) is 9.74. The third kappa shape index (κ3) is 4.75. The van der Waals surface area contributed by atoms with Gasteiger partial charge in [-0.3, -0.25) is 4.79 Å². The van der Waals surface area contributed by atoms with Gasteiger partial charge in [-0.15, -0.1) is 0 Å². The number of halogens is 1. The number of nitrogens with two attached hydrogens (primary N) is 1. The van der Waals surface area contributed by atoms with E-state index in [1.807, 2.05) is 12.1 Å². The number of rotatable bonds is 6. The van der Waals surface area contributed by atoms with E-state index in [0.29, 0.717) is 15.6 Å². The van der Waals surface area contributed by atoms with Gasteiger partial charge >= 0.3 is 0 Å². The second-order valence-corrected chi connectivity index (χ2v) is 8.73. The lowest BCUT2D eigenvalue weighted by atomic mass is 10.1. The van der Waals surface area contributed by atoms with E-state index in [9.17, 15) is 10.0 Å². The molecule has 10 heteroatoms. The first-order valence-corrected chi connectivity index (χ1v) is 10.9. The van der Waals surface area contributed by atoms with E-state index in [1.165, 1.54) is 17.8 Å². The van der Waals surface area contributed by atoms with Crippen LogP contribution >= 0.6 is 22.9 Å². The summed E-state index contributed by atoms with van der Waals surface area (Å²) in [5.74, 6) is -0.181. The largest absolute Gasteiger partial charge is 0.761 e. The van der Waals surface area contributed by atoms with Crippen molar-refractivity contribution in [1.29, 1.82) is 0 Å². The van der Waals surface area contributed by atoms with E-state index >= 15 is 0 Å². The van der Waals surface area contributed by atoms with Crippen LogP contribution in [0.2, 0.25) is 5.02 Å². The molecule has 1 aromatic heterocycles. The lowest BCUT2D eigenvalue weighted by molar-refractivity contribution is 0.104. The Hall–Kier alpha value is -2.85. The van der Waals surface area contributed by atoms with Crippen LogP contribution < -0.4 is 21.4 Å². The molecule has 2 aromatic carbocycles. The highest BCUT2D eigenvalue weighted by molar-refractivity contribution is 7.18. The second-order valence-electron chi connectivity index (χ2n) is 7.32. The first-order chi connectivity index (χ1) is 14.9. The minimum absolute atomic E-state index is 0.134. The number of benzene rings is 2. The number of hydrogen-bond acceptors (Lipinski definition) is 9. The molecular weight excluding hydrogens is 436 g/mol. The molecule has 0 amide bonds. The van der Waals surface area contributed by atoms with Gasteiger partial charge in [0, 0.05) is 48.8 Å². The fourth-order valence-electron chi connectivity index (χ4n) is 3.37. The molecule has 1 aliphatic rings. The van der Waals surface area contributed by atoms with Crippen LogP contribution in [0.4, 0.5) is 28.0 Å². The maximum atomic E-state index is 12.8. The number of nitrogen functional groups attached to an aromatic ring is 1. The lowest BCUT2D eigenvalue weighted by Gasteiger charge is -2.34. The highest BCUT2D eigenvalue weighted by Crippen LogP contribution is 2.32. The predicted octanol–water partition coefficient (Wildman–Crippen LogP) is 4.01. The van der Waals surface area contributed by atoms with Crippen LogP contribution in [0.25, 0.3) is 0 Å². The molecule has 0 unspecified atom stereocenters. The highest BCUT2D eigenvalue weighted by atomic mass is 35.5. The van der Waals surface area contributed by atoms with Gasteiger partial charge in [0.25, 0.3) is 0 Å². The minimum atomic E-state index is -0.318. The van der Waals surface area contributed by atoms with Gasteiger partial charge < -0.3 is 31.5 Å². The lowest BCUT2D eigenvalue weighted by Crippen LogP contribution is -2.44. The Kier molecular flexibility index (Phi) is 6.28. The molecule has 4 N–H and O–H groups in total. The van der Waals surface area contributed by atoms with Crippen LogP contribution in [0.1, 0.15) is 15.2 Å². The zero-order valence-corrected chi connectivity index (χ0v) is 18.5. The van der Waals surface area contributed by atoms with Gasteiger partial charge in [0.1, 0.15) is 10.7 Å². The summed E-state index contributed by atoms with van der Waals surface area (Å²) in [7, 11) is 2.13. The summed E-state index contributed by atoms with van der Waals surface area (Å²) in [4.78, 5) is 22.1. The quantitative estimate of drug-likeness (QED) is 0.376. The summed E-state index contributed by atoms with van der Waals surface area (Å²) in [5.41, 5.74) is 10.2. The second kappa shape index (κ2) is 9.11. The molecule has 0 radical (unpaired) electrons. The van der Waals surface area contributed by atoms with Crippen molar-refractivity contribution in [3.8, 4) is 0 Å². The molecule has 8 nitrogen and oxygen atoms in total. The van der Waals surface area contributed by atoms with E-state index in [1.54, 1.807) is 11.5 Å². The fraction of sp³-hybridized carbons (Fsp3) is 0.238. The minimum Gasteiger partial charge on any atom is -0.761 e. The third-order valence-electron chi connectivity index (χ3n) is 5.19. The Morgan fingerprint density at radius 3 is 2.55 bits per heavy atom. The van der Waals surface area contributed by atoms with Crippen molar-refractivity contribution < 1.29 is 4.79 Å². The Morgan fingerprint density at radius 2 is 1.87 bits per heavy atom. The summed E-state index contributed by atoms with van der Waals surface area (Å²) in [6.45, 7) is 4.11. The molecular formula is C21H22ClN6O2S-. The summed E-state index contributed by atoms with van der Waals surface area (Å²) in [5, 5.41) is 14.9.